The van der Waals surface area contributed by atoms with Gasteiger partial charge in [0.1, 0.15) is 17.6 Å². The molecule has 23 heavy (non-hydrogen) atoms. The van der Waals surface area contributed by atoms with Gasteiger partial charge in [-0.3, -0.25) is 14.5 Å². The number of hydrogen-bond acceptors (Lipinski definition) is 6. The molecular formula is C16H23NO6. The Kier molecular flexibility index (Phi) is 4.05. The molecule has 0 aromatic heterocycles. The first kappa shape index (κ1) is 17.5. The summed E-state index contributed by atoms with van der Waals surface area (Å²) in [7, 11) is 0. The molecule has 7 heteroatoms. The van der Waals surface area contributed by atoms with Gasteiger partial charge in [0.2, 0.25) is 11.3 Å². The number of hydrogen-bond donors (Lipinski definition) is 1. The molecule has 3 atom stereocenters. The second kappa shape index (κ2) is 5.33. The first-order chi connectivity index (χ1) is 10.5. The van der Waals surface area contributed by atoms with Gasteiger partial charge in [0.05, 0.1) is 12.7 Å². The number of allylic oxidation sites excluding steroid dienone is 1. The van der Waals surface area contributed by atoms with Crippen LogP contribution in [-0.4, -0.2) is 52.1 Å². The number of nitrogens with zero attached hydrogens (tertiary/aromatic N) is 1. The molecule has 0 saturated carbocycles. The Morgan fingerprint density at radius 3 is 2.39 bits per heavy atom. The third-order valence-electron chi connectivity index (χ3n) is 4.23. The smallest absolute Gasteiger partial charge is 0.343 e. The highest BCUT2D eigenvalue weighted by Gasteiger charge is 2.73. The van der Waals surface area contributed by atoms with Crippen LogP contribution < -0.4 is 0 Å². The topological polar surface area (TPSA) is 93.1 Å². The summed E-state index contributed by atoms with van der Waals surface area (Å²) in [5.41, 5.74) is -2.77. The normalized spacial score (nSPS) is 33.0. The molecule has 2 heterocycles. The molecule has 2 rings (SSSR count). The van der Waals surface area contributed by atoms with E-state index in [0.717, 1.165) is 4.90 Å². The van der Waals surface area contributed by atoms with E-state index in [9.17, 15) is 19.5 Å². The van der Waals surface area contributed by atoms with Crippen LogP contribution in [0.4, 0.5) is 0 Å². The second-order valence-electron chi connectivity index (χ2n) is 6.95. The maximum absolute atomic E-state index is 12.9. The van der Waals surface area contributed by atoms with Gasteiger partial charge in [-0.15, -0.1) is 0 Å². The van der Waals surface area contributed by atoms with E-state index in [1.54, 1.807) is 13.8 Å². The van der Waals surface area contributed by atoms with Crippen LogP contribution in [0.25, 0.3) is 0 Å². The lowest BCUT2D eigenvalue weighted by atomic mass is 9.87. The zero-order chi connectivity index (χ0) is 17.7. The lowest BCUT2D eigenvalue weighted by Gasteiger charge is -2.35. The number of rotatable bonds is 2. The summed E-state index contributed by atoms with van der Waals surface area (Å²) in [4.78, 5) is 39.4. The van der Waals surface area contributed by atoms with Crippen molar-refractivity contribution in [1.29, 1.82) is 0 Å². The van der Waals surface area contributed by atoms with E-state index in [2.05, 4.69) is 0 Å². The summed E-state index contributed by atoms with van der Waals surface area (Å²) in [5, 5.41) is 9.77. The lowest BCUT2D eigenvalue weighted by Crippen LogP contribution is -2.60. The molecule has 1 amide bonds. The fraction of sp³-hybridized carbons (Fsp3) is 0.688. The lowest BCUT2D eigenvalue weighted by molar-refractivity contribution is -0.162. The summed E-state index contributed by atoms with van der Waals surface area (Å²) in [6, 6.07) is 0. The molecule has 2 aliphatic heterocycles. The molecule has 0 aromatic rings. The van der Waals surface area contributed by atoms with Crippen molar-refractivity contribution < 1.29 is 29.0 Å². The number of carbonyl (C=O) groups excluding carboxylic acids is 3. The number of esters is 1. The monoisotopic (exact) mass is 325 g/mol. The standard InChI is InChI=1S/C16H23NO6/c1-7-22-14(21)16-9(3)23-13(15(4,5)6)17(16)12(20)10(8(2)18)11(16)19/h9,13,18H,7H2,1-6H3/b10-8-/t9-,13-,16-/m1/s1. The molecule has 2 fully saturated rings. The van der Waals surface area contributed by atoms with Crippen LogP contribution in [0.2, 0.25) is 0 Å². The molecule has 0 aromatic carbocycles. The molecule has 2 aliphatic rings. The van der Waals surface area contributed by atoms with Crippen molar-refractivity contribution in [3.63, 3.8) is 0 Å². The van der Waals surface area contributed by atoms with Crippen molar-refractivity contribution in [3.8, 4) is 0 Å². The maximum Gasteiger partial charge on any atom is 0.343 e. The Bertz CT molecular complexity index is 598. The molecule has 0 spiro atoms. The van der Waals surface area contributed by atoms with Crippen LogP contribution in [0.1, 0.15) is 41.5 Å². The van der Waals surface area contributed by atoms with Gasteiger partial charge < -0.3 is 14.6 Å². The molecule has 7 nitrogen and oxygen atoms in total. The fourth-order valence-corrected chi connectivity index (χ4v) is 3.21. The van der Waals surface area contributed by atoms with Crippen molar-refractivity contribution in [2.75, 3.05) is 6.61 Å². The zero-order valence-corrected chi connectivity index (χ0v) is 14.3. The van der Waals surface area contributed by atoms with Gasteiger partial charge in [0, 0.05) is 5.41 Å². The van der Waals surface area contributed by atoms with Crippen LogP contribution in [-0.2, 0) is 23.9 Å². The van der Waals surface area contributed by atoms with E-state index in [4.69, 9.17) is 9.47 Å². The van der Waals surface area contributed by atoms with Gasteiger partial charge in [0.15, 0.2) is 0 Å². The summed E-state index contributed by atoms with van der Waals surface area (Å²) < 4.78 is 10.9. The van der Waals surface area contributed by atoms with Crippen LogP contribution >= 0.6 is 0 Å². The first-order valence-corrected chi connectivity index (χ1v) is 7.62. The molecule has 0 radical (unpaired) electrons. The summed E-state index contributed by atoms with van der Waals surface area (Å²) in [5.74, 6) is -2.70. The molecule has 0 aliphatic carbocycles. The molecule has 128 valence electrons. The van der Waals surface area contributed by atoms with Crippen molar-refractivity contribution in [1.82, 2.24) is 4.90 Å². The molecule has 0 bridgehead atoms. The molecular weight excluding hydrogens is 302 g/mol. The minimum atomic E-state index is -1.87. The Labute approximate surface area is 135 Å². The first-order valence-electron chi connectivity index (χ1n) is 7.62. The average molecular weight is 325 g/mol. The van der Waals surface area contributed by atoms with Crippen LogP contribution in [0, 0.1) is 5.41 Å². The number of fused-ring (bicyclic) bond motifs is 1. The van der Waals surface area contributed by atoms with Crippen molar-refractivity contribution in [2.24, 2.45) is 5.41 Å². The molecule has 2 saturated heterocycles. The third kappa shape index (κ3) is 2.17. The largest absolute Gasteiger partial charge is 0.512 e. The second-order valence-corrected chi connectivity index (χ2v) is 6.95. The van der Waals surface area contributed by atoms with Crippen molar-refractivity contribution >= 4 is 17.7 Å². The number of aliphatic hydroxyl groups excluding tert-OH is 1. The summed E-state index contributed by atoms with van der Waals surface area (Å²) in [6.45, 7) is 10.0. The minimum Gasteiger partial charge on any atom is -0.512 e. The number of Topliss-reactive ketones (excluding diaryl/α,β-unsaturated/α-hetero) is 1. The van der Waals surface area contributed by atoms with Gasteiger partial charge in [-0.1, -0.05) is 20.8 Å². The van der Waals surface area contributed by atoms with E-state index in [0.29, 0.717) is 0 Å². The van der Waals surface area contributed by atoms with E-state index in [1.807, 2.05) is 20.8 Å². The highest BCUT2D eigenvalue weighted by atomic mass is 16.6. The summed E-state index contributed by atoms with van der Waals surface area (Å²) in [6.07, 6.45) is -1.66. The number of ether oxygens (including phenoxy) is 2. The van der Waals surface area contributed by atoms with Gasteiger partial charge >= 0.3 is 5.97 Å². The number of amides is 1. The fourth-order valence-electron chi connectivity index (χ4n) is 3.21. The Balaban J connectivity index is 2.71. The Hall–Kier alpha value is -1.89. The van der Waals surface area contributed by atoms with Gasteiger partial charge in [0.25, 0.3) is 5.91 Å². The van der Waals surface area contributed by atoms with Crippen LogP contribution in [0.3, 0.4) is 0 Å². The Morgan fingerprint density at radius 1 is 1.39 bits per heavy atom. The average Bonchev–Trinajstić information content (AvgIpc) is 2.83. The Morgan fingerprint density at radius 2 is 1.96 bits per heavy atom. The van der Waals surface area contributed by atoms with Crippen LogP contribution in [0.15, 0.2) is 11.3 Å². The number of aliphatic hydroxyl groups is 1. The molecule has 0 unspecified atom stereocenters. The molecule has 1 N–H and O–H groups in total. The van der Waals surface area contributed by atoms with Crippen molar-refractivity contribution in [3.05, 3.63) is 11.3 Å². The SMILES string of the molecule is CCOC(=O)[C@@]12C(=O)/C(=C(\C)O)C(=O)N1[C@@H](C(C)(C)C)O[C@@H]2C. The van der Waals surface area contributed by atoms with Gasteiger partial charge in [-0.05, 0) is 20.8 Å². The minimum absolute atomic E-state index is 0.0694. The van der Waals surface area contributed by atoms with Gasteiger partial charge in [-0.25, -0.2) is 4.79 Å². The predicted molar refractivity (Wildman–Crippen MR) is 80.3 cm³/mol. The highest BCUT2D eigenvalue weighted by Crippen LogP contribution is 2.48. The highest BCUT2D eigenvalue weighted by molar-refractivity contribution is 6.35. The van der Waals surface area contributed by atoms with E-state index in [-0.39, 0.29) is 12.2 Å². The summed E-state index contributed by atoms with van der Waals surface area (Å²) >= 11 is 0. The van der Waals surface area contributed by atoms with E-state index >= 15 is 0 Å². The predicted octanol–water partition coefficient (Wildman–Crippen LogP) is 1.32. The quantitative estimate of drug-likeness (QED) is 0.271. The van der Waals surface area contributed by atoms with E-state index in [1.165, 1.54) is 6.92 Å². The number of ketones is 1. The van der Waals surface area contributed by atoms with Crippen LogP contribution in [0.5, 0.6) is 0 Å². The van der Waals surface area contributed by atoms with Crippen molar-refractivity contribution in [2.45, 2.75) is 59.4 Å². The maximum atomic E-state index is 12.9. The number of carbonyl (C=O) groups is 3. The zero-order valence-electron chi connectivity index (χ0n) is 14.3. The van der Waals surface area contributed by atoms with Gasteiger partial charge in [-0.2, -0.15) is 0 Å². The third-order valence-corrected chi connectivity index (χ3v) is 4.23. The van der Waals surface area contributed by atoms with E-state index < -0.39 is 46.7 Å².